The zero-order valence-corrected chi connectivity index (χ0v) is 22.1. The van der Waals surface area contributed by atoms with E-state index in [1.807, 2.05) is 12.1 Å². The number of anilines is 1. The minimum atomic E-state index is -5.12. The van der Waals surface area contributed by atoms with Crippen LogP contribution < -0.4 is 10.2 Å². The van der Waals surface area contributed by atoms with Gasteiger partial charge in [0.2, 0.25) is 0 Å². The smallest absolute Gasteiger partial charge is 0.371 e. The van der Waals surface area contributed by atoms with E-state index < -0.39 is 23.2 Å². The predicted molar refractivity (Wildman–Crippen MR) is 140 cm³/mol. The molecular weight excluding hydrogens is 519 g/mol. The maximum Gasteiger partial charge on any atom is 0.430 e. The normalized spacial score (nSPS) is 19.2. The van der Waals surface area contributed by atoms with Gasteiger partial charge < -0.3 is 20.2 Å². The van der Waals surface area contributed by atoms with Gasteiger partial charge >= 0.3 is 6.18 Å². The van der Waals surface area contributed by atoms with E-state index in [0.29, 0.717) is 35.3 Å². The molecule has 2 aliphatic rings. The molecule has 2 fully saturated rings. The zero-order valence-electron chi connectivity index (χ0n) is 21.3. The number of alkyl halides is 3. The Morgan fingerprint density at radius 1 is 0.974 bits per heavy atom. The maximum atomic E-state index is 13.9. The molecule has 2 heterocycles. The molecule has 0 bridgehead atoms. The molecule has 206 valence electrons. The summed E-state index contributed by atoms with van der Waals surface area (Å²) in [5.74, 6) is -0.705. The molecule has 0 spiro atoms. The number of halogens is 4. The van der Waals surface area contributed by atoms with Gasteiger partial charge in [0, 0.05) is 44.5 Å². The fourth-order valence-corrected chi connectivity index (χ4v) is 5.87. The Kier molecular flexibility index (Phi) is 8.57. The molecule has 4 rings (SSSR count). The van der Waals surface area contributed by atoms with Crippen LogP contribution in [0.2, 0.25) is 5.02 Å². The number of nitrogens with zero attached hydrogens (tertiary/aromatic N) is 2. The first-order chi connectivity index (χ1) is 18.0. The minimum absolute atomic E-state index is 0.198. The molecule has 2 aromatic rings. The number of hydrogen-bond donors (Lipinski definition) is 2. The number of nitrogens with one attached hydrogen (secondary N) is 1. The van der Waals surface area contributed by atoms with Crippen molar-refractivity contribution in [1.82, 2.24) is 10.2 Å². The molecule has 0 unspecified atom stereocenters. The van der Waals surface area contributed by atoms with Gasteiger partial charge in [0.1, 0.15) is 0 Å². The monoisotopic (exact) mass is 551 g/mol. The van der Waals surface area contributed by atoms with Gasteiger partial charge in [-0.05, 0) is 62.1 Å². The van der Waals surface area contributed by atoms with Gasteiger partial charge in [-0.1, -0.05) is 41.9 Å². The number of likely N-dealkylation sites (tertiary alicyclic amines) is 1. The molecule has 0 aliphatic carbocycles. The Balaban J connectivity index is 1.29. The van der Waals surface area contributed by atoms with Crippen molar-refractivity contribution in [3.8, 4) is 0 Å². The summed E-state index contributed by atoms with van der Waals surface area (Å²) < 4.78 is 41.7. The Labute approximate surface area is 225 Å². The van der Waals surface area contributed by atoms with Crippen molar-refractivity contribution in [2.45, 2.75) is 43.9 Å². The van der Waals surface area contributed by atoms with Crippen molar-refractivity contribution >= 4 is 29.1 Å². The van der Waals surface area contributed by atoms with Crippen LogP contribution in [0.4, 0.5) is 18.9 Å². The van der Waals surface area contributed by atoms with Gasteiger partial charge in [0.25, 0.3) is 17.4 Å². The topological polar surface area (TPSA) is 72.9 Å². The molecule has 2 saturated heterocycles. The third kappa shape index (κ3) is 5.78. The number of carbonyl (C=O) groups is 2. The van der Waals surface area contributed by atoms with Crippen molar-refractivity contribution in [2.75, 3.05) is 38.1 Å². The lowest BCUT2D eigenvalue weighted by atomic mass is 9.82. The lowest BCUT2D eigenvalue weighted by Crippen LogP contribution is -2.57. The van der Waals surface area contributed by atoms with Crippen molar-refractivity contribution in [1.29, 1.82) is 0 Å². The average molecular weight is 552 g/mol. The molecule has 0 saturated carbocycles. The van der Waals surface area contributed by atoms with Gasteiger partial charge in [0.15, 0.2) is 0 Å². The van der Waals surface area contributed by atoms with Crippen LogP contribution in [-0.4, -0.2) is 61.2 Å². The summed E-state index contributed by atoms with van der Waals surface area (Å²) in [6.07, 6.45) is -0.959. The van der Waals surface area contributed by atoms with E-state index in [1.165, 1.54) is 12.1 Å². The molecule has 2 amide bonds. The third-order valence-corrected chi connectivity index (χ3v) is 8.20. The number of piperidine rings is 2. The fraction of sp³-hybridized carbons (Fsp3) is 0.500. The second kappa shape index (κ2) is 11.5. The Morgan fingerprint density at radius 2 is 1.55 bits per heavy atom. The molecular formula is C28H33ClF3N3O3. The molecule has 38 heavy (non-hydrogen) atoms. The maximum absolute atomic E-state index is 13.9. The Morgan fingerprint density at radius 3 is 2.08 bits per heavy atom. The first-order valence-electron chi connectivity index (χ1n) is 12.9. The van der Waals surface area contributed by atoms with Gasteiger partial charge in [-0.2, -0.15) is 13.2 Å². The Hall–Kier alpha value is -2.78. The molecule has 0 radical (unpaired) electrons. The van der Waals surface area contributed by atoms with E-state index in [2.05, 4.69) is 10.2 Å². The van der Waals surface area contributed by atoms with Crippen molar-refractivity contribution in [2.24, 2.45) is 11.8 Å². The number of benzene rings is 2. The summed E-state index contributed by atoms with van der Waals surface area (Å²) in [5, 5.41) is 13.6. The largest absolute Gasteiger partial charge is 0.430 e. The second-order valence-corrected chi connectivity index (χ2v) is 10.6. The van der Waals surface area contributed by atoms with Crippen LogP contribution in [0.15, 0.2) is 48.5 Å². The molecule has 2 N–H and O–H groups in total. The first kappa shape index (κ1) is 28.2. The quantitative estimate of drug-likeness (QED) is 0.530. The van der Waals surface area contributed by atoms with Crippen LogP contribution in [-0.2, 0) is 10.4 Å². The molecule has 0 aromatic heterocycles. The number of carbonyl (C=O) groups excluding carboxylic acids is 2. The van der Waals surface area contributed by atoms with Crippen LogP contribution >= 0.6 is 11.6 Å². The highest BCUT2D eigenvalue weighted by Crippen LogP contribution is 2.41. The first-order valence-corrected chi connectivity index (χ1v) is 13.3. The average Bonchev–Trinajstić information content (AvgIpc) is 2.92. The highest BCUT2D eigenvalue weighted by Gasteiger charge is 2.62. The summed E-state index contributed by atoms with van der Waals surface area (Å²) in [6, 6.07) is 12.0. The molecule has 10 heteroatoms. The Bertz CT molecular complexity index is 1130. The van der Waals surface area contributed by atoms with Crippen LogP contribution in [0.5, 0.6) is 0 Å². The van der Waals surface area contributed by atoms with E-state index in [0.717, 1.165) is 55.1 Å². The molecule has 2 aliphatic heterocycles. The van der Waals surface area contributed by atoms with Crippen LogP contribution in [0.25, 0.3) is 0 Å². The highest BCUT2D eigenvalue weighted by molar-refractivity contribution is 6.34. The van der Waals surface area contributed by atoms with E-state index >= 15 is 0 Å². The van der Waals surface area contributed by atoms with Gasteiger partial charge in [-0.3, -0.25) is 9.59 Å². The lowest BCUT2D eigenvalue weighted by Gasteiger charge is -2.40. The number of amides is 2. The number of hydrogen-bond acceptors (Lipinski definition) is 4. The summed E-state index contributed by atoms with van der Waals surface area (Å²) in [4.78, 5) is 28.2. The molecule has 6 nitrogen and oxygen atoms in total. The standard InChI is InChI=1S/C28H33ClF3N3O3/c1-33-25(36)23-8-7-22(18-24(23)29)34-13-9-19(10-14-34)17-20-11-15-35(16-12-20)26(37)27(38,28(30,31)32)21-5-3-2-4-6-21/h2-8,18-20,38H,9-17H2,1H3,(H,33,36)/t27-/m1/s1. The van der Waals surface area contributed by atoms with E-state index in [-0.39, 0.29) is 19.0 Å². The zero-order chi connectivity index (χ0) is 27.5. The summed E-state index contributed by atoms with van der Waals surface area (Å²) in [6.45, 7) is 2.11. The highest BCUT2D eigenvalue weighted by atomic mass is 35.5. The minimum Gasteiger partial charge on any atom is -0.371 e. The van der Waals surface area contributed by atoms with Crippen LogP contribution in [0.1, 0.15) is 48.0 Å². The third-order valence-electron chi connectivity index (χ3n) is 7.88. The number of aliphatic hydroxyl groups is 1. The van der Waals surface area contributed by atoms with Gasteiger partial charge in [0.05, 0.1) is 10.6 Å². The van der Waals surface area contributed by atoms with E-state index in [1.54, 1.807) is 19.2 Å². The van der Waals surface area contributed by atoms with E-state index in [9.17, 15) is 27.9 Å². The van der Waals surface area contributed by atoms with Gasteiger partial charge in [-0.15, -0.1) is 0 Å². The van der Waals surface area contributed by atoms with Crippen molar-refractivity contribution < 1.29 is 27.9 Å². The van der Waals surface area contributed by atoms with Gasteiger partial charge in [-0.25, -0.2) is 0 Å². The fourth-order valence-electron chi connectivity index (χ4n) is 5.61. The van der Waals surface area contributed by atoms with Crippen LogP contribution in [0.3, 0.4) is 0 Å². The predicted octanol–water partition coefficient (Wildman–Crippen LogP) is 4.99. The lowest BCUT2D eigenvalue weighted by molar-refractivity contribution is -0.262. The summed E-state index contributed by atoms with van der Waals surface area (Å²) in [5.41, 5.74) is -2.59. The van der Waals surface area contributed by atoms with Crippen molar-refractivity contribution in [3.63, 3.8) is 0 Å². The van der Waals surface area contributed by atoms with Crippen LogP contribution in [0, 0.1) is 11.8 Å². The second-order valence-electron chi connectivity index (χ2n) is 10.2. The van der Waals surface area contributed by atoms with E-state index in [4.69, 9.17) is 11.6 Å². The van der Waals surface area contributed by atoms with Crippen molar-refractivity contribution in [3.05, 3.63) is 64.7 Å². The molecule has 1 atom stereocenters. The summed E-state index contributed by atoms with van der Waals surface area (Å²) in [7, 11) is 1.56. The summed E-state index contributed by atoms with van der Waals surface area (Å²) >= 11 is 6.31. The number of rotatable bonds is 6. The SMILES string of the molecule is CNC(=O)c1ccc(N2CCC(CC3CCN(C(=O)[C@](O)(c4ccccc4)C(F)(F)F)CC3)CC2)cc1Cl. The molecule has 2 aromatic carbocycles.